The predicted octanol–water partition coefficient (Wildman–Crippen LogP) is 1.14. The van der Waals surface area contributed by atoms with E-state index in [-0.39, 0.29) is 6.42 Å². The molecule has 1 atom stereocenters. The first kappa shape index (κ1) is 12.7. The molecule has 16 heavy (non-hydrogen) atoms. The number of aliphatic hydroxyl groups excluding tert-OH is 1. The first-order valence-corrected chi connectivity index (χ1v) is 5.31. The van der Waals surface area contributed by atoms with E-state index in [0.29, 0.717) is 11.6 Å². The molecular weight excluding hydrogens is 208 g/mol. The minimum absolute atomic E-state index is 0.0414. The molecule has 1 N–H and O–H groups in total. The molecule has 0 aliphatic carbocycles. The summed E-state index contributed by atoms with van der Waals surface area (Å²) in [6.45, 7) is 4.86. The van der Waals surface area contributed by atoms with Gasteiger partial charge in [-0.2, -0.15) is 5.10 Å². The Morgan fingerprint density at radius 1 is 1.62 bits per heavy atom. The second kappa shape index (κ2) is 5.65. The van der Waals surface area contributed by atoms with Gasteiger partial charge in [-0.3, -0.25) is 9.48 Å². The van der Waals surface area contributed by atoms with Crippen LogP contribution < -0.4 is 0 Å². The van der Waals surface area contributed by atoms with Crippen molar-refractivity contribution in [3.05, 3.63) is 18.0 Å². The van der Waals surface area contributed by atoms with Crippen molar-refractivity contribution in [2.75, 3.05) is 7.11 Å². The van der Waals surface area contributed by atoms with E-state index in [0.717, 1.165) is 6.54 Å². The number of ether oxygens (including phenoxy) is 1. The van der Waals surface area contributed by atoms with Crippen molar-refractivity contribution in [3.8, 4) is 0 Å². The van der Waals surface area contributed by atoms with Gasteiger partial charge in [0.2, 0.25) is 0 Å². The van der Waals surface area contributed by atoms with E-state index in [1.807, 2.05) is 0 Å². The number of hydrogen-bond donors (Lipinski definition) is 1. The quantitative estimate of drug-likeness (QED) is 0.764. The Kier molecular flexibility index (Phi) is 4.49. The molecule has 0 saturated carbocycles. The SMILES string of the molecule is COC(=O)C[C@@H](O)c1ccnn1CC(C)C. The molecule has 1 aromatic heterocycles. The van der Waals surface area contributed by atoms with Crippen LogP contribution in [-0.4, -0.2) is 28.0 Å². The van der Waals surface area contributed by atoms with Gasteiger partial charge in [0.25, 0.3) is 0 Å². The molecule has 0 saturated heterocycles. The Morgan fingerprint density at radius 2 is 2.31 bits per heavy atom. The zero-order chi connectivity index (χ0) is 12.1. The molecule has 1 rings (SSSR count). The highest BCUT2D eigenvalue weighted by molar-refractivity contribution is 5.69. The van der Waals surface area contributed by atoms with Gasteiger partial charge in [-0.15, -0.1) is 0 Å². The Balaban J connectivity index is 2.71. The highest BCUT2D eigenvalue weighted by atomic mass is 16.5. The Labute approximate surface area is 95.0 Å². The summed E-state index contributed by atoms with van der Waals surface area (Å²) in [4.78, 5) is 11.0. The maximum Gasteiger partial charge on any atom is 0.308 e. The van der Waals surface area contributed by atoms with Crippen LogP contribution in [0.2, 0.25) is 0 Å². The number of aliphatic hydroxyl groups is 1. The molecule has 90 valence electrons. The summed E-state index contributed by atoms with van der Waals surface area (Å²) in [6.07, 6.45) is 0.729. The van der Waals surface area contributed by atoms with Crippen molar-refractivity contribution in [3.63, 3.8) is 0 Å². The average Bonchev–Trinajstić information content (AvgIpc) is 2.64. The highest BCUT2D eigenvalue weighted by Gasteiger charge is 2.17. The van der Waals surface area contributed by atoms with E-state index < -0.39 is 12.1 Å². The molecular formula is C11H18N2O3. The van der Waals surface area contributed by atoms with Crippen LogP contribution in [0.15, 0.2) is 12.3 Å². The van der Waals surface area contributed by atoms with E-state index in [1.165, 1.54) is 7.11 Å². The standard InChI is InChI=1S/C11H18N2O3/c1-8(2)7-13-9(4-5-12-13)10(14)6-11(15)16-3/h4-5,8,10,14H,6-7H2,1-3H3/t10-/m1/s1. The van der Waals surface area contributed by atoms with E-state index in [9.17, 15) is 9.90 Å². The van der Waals surface area contributed by atoms with Crippen LogP contribution in [0.5, 0.6) is 0 Å². The van der Waals surface area contributed by atoms with Crippen LogP contribution in [-0.2, 0) is 16.1 Å². The van der Waals surface area contributed by atoms with Crippen LogP contribution in [0.1, 0.15) is 32.1 Å². The number of aromatic nitrogens is 2. The number of esters is 1. The molecule has 5 heteroatoms. The molecule has 0 bridgehead atoms. The summed E-state index contributed by atoms with van der Waals surface area (Å²) in [6, 6.07) is 1.72. The minimum Gasteiger partial charge on any atom is -0.469 e. The zero-order valence-corrected chi connectivity index (χ0v) is 9.88. The number of hydrogen-bond acceptors (Lipinski definition) is 4. The summed E-state index contributed by atoms with van der Waals surface area (Å²) >= 11 is 0. The van der Waals surface area contributed by atoms with Crippen molar-refractivity contribution in [1.82, 2.24) is 9.78 Å². The summed E-state index contributed by atoms with van der Waals surface area (Å²) in [7, 11) is 1.31. The van der Waals surface area contributed by atoms with Gasteiger partial charge in [-0.05, 0) is 12.0 Å². The second-order valence-corrected chi connectivity index (χ2v) is 4.13. The smallest absolute Gasteiger partial charge is 0.308 e. The first-order valence-electron chi connectivity index (χ1n) is 5.31. The van der Waals surface area contributed by atoms with Crippen molar-refractivity contribution in [2.45, 2.75) is 32.9 Å². The van der Waals surface area contributed by atoms with Crippen molar-refractivity contribution in [1.29, 1.82) is 0 Å². The second-order valence-electron chi connectivity index (χ2n) is 4.13. The van der Waals surface area contributed by atoms with Crippen LogP contribution in [0.25, 0.3) is 0 Å². The molecule has 0 aliphatic heterocycles. The molecule has 0 unspecified atom stereocenters. The maximum absolute atomic E-state index is 11.0. The van der Waals surface area contributed by atoms with Gasteiger partial charge in [0.05, 0.1) is 19.2 Å². The van der Waals surface area contributed by atoms with Crippen LogP contribution >= 0.6 is 0 Å². The molecule has 1 heterocycles. The van der Waals surface area contributed by atoms with E-state index in [1.54, 1.807) is 16.9 Å². The van der Waals surface area contributed by atoms with Gasteiger partial charge in [0, 0.05) is 12.7 Å². The van der Waals surface area contributed by atoms with Crippen molar-refractivity contribution >= 4 is 5.97 Å². The van der Waals surface area contributed by atoms with Gasteiger partial charge in [-0.25, -0.2) is 0 Å². The number of carbonyl (C=O) groups excluding carboxylic acids is 1. The Hall–Kier alpha value is -1.36. The highest BCUT2D eigenvalue weighted by Crippen LogP contribution is 2.17. The molecule has 0 aromatic carbocycles. The minimum atomic E-state index is -0.853. The van der Waals surface area contributed by atoms with Gasteiger partial charge >= 0.3 is 5.97 Å². The summed E-state index contributed by atoms with van der Waals surface area (Å²) in [5.74, 6) is 0.00812. The largest absolute Gasteiger partial charge is 0.469 e. The Morgan fingerprint density at radius 3 is 2.88 bits per heavy atom. The van der Waals surface area contributed by atoms with Gasteiger partial charge in [0.15, 0.2) is 0 Å². The predicted molar refractivity (Wildman–Crippen MR) is 58.7 cm³/mol. The monoisotopic (exact) mass is 226 g/mol. The van der Waals surface area contributed by atoms with E-state index in [4.69, 9.17) is 0 Å². The molecule has 0 amide bonds. The lowest BCUT2D eigenvalue weighted by molar-refractivity contribution is -0.143. The number of rotatable bonds is 5. The van der Waals surface area contributed by atoms with Crippen molar-refractivity contribution in [2.24, 2.45) is 5.92 Å². The molecule has 5 nitrogen and oxygen atoms in total. The third-order valence-electron chi connectivity index (χ3n) is 2.22. The lowest BCUT2D eigenvalue weighted by atomic mass is 10.1. The lowest BCUT2D eigenvalue weighted by Gasteiger charge is -2.13. The molecule has 0 fully saturated rings. The van der Waals surface area contributed by atoms with Gasteiger partial charge in [-0.1, -0.05) is 13.8 Å². The zero-order valence-electron chi connectivity index (χ0n) is 9.88. The van der Waals surface area contributed by atoms with Crippen LogP contribution in [0, 0.1) is 5.92 Å². The molecule has 0 spiro atoms. The third-order valence-corrected chi connectivity index (χ3v) is 2.22. The van der Waals surface area contributed by atoms with E-state index >= 15 is 0 Å². The van der Waals surface area contributed by atoms with Crippen LogP contribution in [0.4, 0.5) is 0 Å². The number of carbonyl (C=O) groups is 1. The normalized spacial score (nSPS) is 12.8. The lowest BCUT2D eigenvalue weighted by Crippen LogP contribution is -2.15. The number of methoxy groups -OCH3 is 1. The summed E-state index contributed by atoms with van der Waals surface area (Å²) in [5, 5.41) is 14.0. The fourth-order valence-electron chi connectivity index (χ4n) is 1.47. The fourth-order valence-corrected chi connectivity index (χ4v) is 1.47. The van der Waals surface area contributed by atoms with Crippen LogP contribution in [0.3, 0.4) is 0 Å². The maximum atomic E-state index is 11.0. The average molecular weight is 226 g/mol. The number of nitrogens with zero attached hydrogens (tertiary/aromatic N) is 2. The molecule has 1 aromatic rings. The first-order chi connectivity index (χ1) is 7.54. The van der Waals surface area contributed by atoms with Crippen molar-refractivity contribution < 1.29 is 14.6 Å². The van der Waals surface area contributed by atoms with Gasteiger partial charge in [0.1, 0.15) is 6.10 Å². The topological polar surface area (TPSA) is 64.3 Å². The molecule has 0 radical (unpaired) electrons. The third kappa shape index (κ3) is 3.34. The Bertz CT molecular complexity index is 347. The van der Waals surface area contributed by atoms with Gasteiger partial charge < -0.3 is 9.84 Å². The summed E-state index contributed by atoms with van der Waals surface area (Å²) in [5.41, 5.74) is 0.652. The molecule has 0 aliphatic rings. The van der Waals surface area contributed by atoms with E-state index in [2.05, 4.69) is 23.7 Å². The fraction of sp³-hybridized carbons (Fsp3) is 0.636. The summed E-state index contributed by atoms with van der Waals surface area (Å²) < 4.78 is 6.23.